The normalized spacial score (nSPS) is 13.5. The number of benzene rings is 1. The standard InChI is InChI=1S/C18H23N3OS.ClH/c19-8-10-20(12-15-4-2-1-3-5-15)14-18(22)21-9-6-17-16(13-21)7-11-23-17;/h1-5,7,11H,6,8-10,12-14,19H2;1H. The van der Waals surface area contributed by atoms with E-state index < -0.39 is 0 Å². The lowest BCUT2D eigenvalue weighted by Crippen LogP contribution is -2.43. The van der Waals surface area contributed by atoms with E-state index in [4.69, 9.17) is 5.73 Å². The Labute approximate surface area is 153 Å². The molecule has 1 amide bonds. The van der Waals surface area contributed by atoms with Crippen molar-refractivity contribution in [1.29, 1.82) is 0 Å². The van der Waals surface area contributed by atoms with Crippen LogP contribution in [0.1, 0.15) is 16.0 Å². The van der Waals surface area contributed by atoms with Crippen molar-refractivity contribution in [2.75, 3.05) is 26.2 Å². The van der Waals surface area contributed by atoms with Gasteiger partial charge in [-0.25, -0.2) is 0 Å². The number of rotatable bonds is 6. The molecule has 130 valence electrons. The van der Waals surface area contributed by atoms with Gasteiger partial charge in [0.05, 0.1) is 6.54 Å². The minimum atomic E-state index is 0. The van der Waals surface area contributed by atoms with Crippen molar-refractivity contribution in [3.63, 3.8) is 0 Å². The largest absolute Gasteiger partial charge is 0.337 e. The summed E-state index contributed by atoms with van der Waals surface area (Å²) in [6.45, 7) is 4.08. The topological polar surface area (TPSA) is 49.6 Å². The average molecular weight is 366 g/mol. The Morgan fingerprint density at radius 2 is 2.04 bits per heavy atom. The molecule has 1 aromatic heterocycles. The van der Waals surface area contributed by atoms with Crippen molar-refractivity contribution in [2.45, 2.75) is 19.5 Å². The van der Waals surface area contributed by atoms with Crippen LogP contribution in [0.2, 0.25) is 0 Å². The zero-order valence-electron chi connectivity index (χ0n) is 13.7. The van der Waals surface area contributed by atoms with Crippen molar-refractivity contribution < 1.29 is 4.79 Å². The number of carbonyl (C=O) groups is 1. The summed E-state index contributed by atoms with van der Waals surface area (Å²) in [5, 5.41) is 2.12. The van der Waals surface area contributed by atoms with Crippen molar-refractivity contribution in [1.82, 2.24) is 9.80 Å². The van der Waals surface area contributed by atoms with Crippen LogP contribution < -0.4 is 5.73 Å². The number of hydrogen-bond donors (Lipinski definition) is 1. The predicted molar refractivity (Wildman–Crippen MR) is 101 cm³/mol. The molecular formula is C18H24ClN3OS. The molecule has 0 fully saturated rings. The van der Waals surface area contributed by atoms with E-state index in [1.54, 1.807) is 11.3 Å². The molecule has 2 N–H and O–H groups in total. The van der Waals surface area contributed by atoms with E-state index in [9.17, 15) is 4.79 Å². The molecule has 0 saturated heterocycles. The van der Waals surface area contributed by atoms with Gasteiger partial charge in [-0.15, -0.1) is 23.7 Å². The van der Waals surface area contributed by atoms with E-state index >= 15 is 0 Å². The lowest BCUT2D eigenvalue weighted by atomic mass is 10.1. The van der Waals surface area contributed by atoms with Crippen molar-refractivity contribution >= 4 is 29.7 Å². The van der Waals surface area contributed by atoms with Crippen LogP contribution in [0.15, 0.2) is 41.8 Å². The highest BCUT2D eigenvalue weighted by molar-refractivity contribution is 7.10. The summed E-state index contributed by atoms with van der Waals surface area (Å²) in [5.74, 6) is 0.200. The number of fused-ring (bicyclic) bond motifs is 1. The zero-order chi connectivity index (χ0) is 16.1. The number of hydrogen-bond acceptors (Lipinski definition) is 4. The van der Waals surface area contributed by atoms with E-state index in [1.807, 2.05) is 23.1 Å². The number of nitrogens with zero attached hydrogens (tertiary/aromatic N) is 2. The number of halogens is 1. The monoisotopic (exact) mass is 365 g/mol. The van der Waals surface area contributed by atoms with Gasteiger partial charge in [-0.1, -0.05) is 30.3 Å². The highest BCUT2D eigenvalue weighted by Gasteiger charge is 2.22. The third kappa shape index (κ3) is 4.80. The molecular weight excluding hydrogens is 342 g/mol. The first-order valence-corrected chi connectivity index (χ1v) is 8.93. The van der Waals surface area contributed by atoms with E-state index in [1.165, 1.54) is 16.0 Å². The van der Waals surface area contributed by atoms with Gasteiger partial charge < -0.3 is 10.6 Å². The Morgan fingerprint density at radius 3 is 2.79 bits per heavy atom. The summed E-state index contributed by atoms with van der Waals surface area (Å²) in [7, 11) is 0. The Hall–Kier alpha value is -1.40. The Kier molecular flexibility index (Phi) is 7.24. The molecule has 0 aliphatic carbocycles. The van der Waals surface area contributed by atoms with E-state index in [0.29, 0.717) is 13.1 Å². The highest BCUT2D eigenvalue weighted by Crippen LogP contribution is 2.24. The van der Waals surface area contributed by atoms with Gasteiger partial charge in [0.15, 0.2) is 0 Å². The number of thiophene rings is 1. The van der Waals surface area contributed by atoms with Gasteiger partial charge >= 0.3 is 0 Å². The molecule has 0 spiro atoms. The van der Waals surface area contributed by atoms with E-state index in [-0.39, 0.29) is 18.3 Å². The van der Waals surface area contributed by atoms with Gasteiger partial charge in [-0.3, -0.25) is 9.69 Å². The van der Waals surface area contributed by atoms with Gasteiger partial charge in [0.25, 0.3) is 0 Å². The van der Waals surface area contributed by atoms with Crippen LogP contribution in [-0.4, -0.2) is 41.9 Å². The molecule has 0 atom stereocenters. The van der Waals surface area contributed by atoms with Crippen LogP contribution in [0.3, 0.4) is 0 Å². The quantitative estimate of drug-likeness (QED) is 0.855. The van der Waals surface area contributed by atoms with Gasteiger partial charge in [0.2, 0.25) is 5.91 Å². The smallest absolute Gasteiger partial charge is 0.237 e. The molecule has 1 aromatic carbocycles. The van der Waals surface area contributed by atoms with Crippen molar-refractivity contribution in [2.24, 2.45) is 5.73 Å². The van der Waals surface area contributed by atoms with Gasteiger partial charge in [-0.2, -0.15) is 0 Å². The summed E-state index contributed by atoms with van der Waals surface area (Å²) in [6.07, 6.45) is 0.980. The fraction of sp³-hybridized carbons (Fsp3) is 0.389. The van der Waals surface area contributed by atoms with Gasteiger partial charge in [-0.05, 0) is 29.0 Å². The first-order chi connectivity index (χ1) is 11.3. The van der Waals surface area contributed by atoms with Gasteiger partial charge in [0.1, 0.15) is 0 Å². The maximum atomic E-state index is 12.7. The molecule has 0 radical (unpaired) electrons. The van der Waals surface area contributed by atoms with Crippen LogP contribution in [0.5, 0.6) is 0 Å². The minimum absolute atomic E-state index is 0. The summed E-state index contributed by atoms with van der Waals surface area (Å²) in [5.41, 5.74) is 8.25. The molecule has 24 heavy (non-hydrogen) atoms. The molecule has 1 aliphatic rings. The van der Waals surface area contributed by atoms with Crippen LogP contribution in [0.25, 0.3) is 0 Å². The molecule has 0 bridgehead atoms. The van der Waals surface area contributed by atoms with Gasteiger partial charge in [0, 0.05) is 37.6 Å². The molecule has 2 aromatic rings. The fourth-order valence-corrected chi connectivity index (χ4v) is 3.88. The third-order valence-electron chi connectivity index (χ3n) is 4.21. The van der Waals surface area contributed by atoms with Crippen LogP contribution >= 0.6 is 23.7 Å². The molecule has 0 saturated carbocycles. The Balaban J connectivity index is 0.00000208. The lowest BCUT2D eigenvalue weighted by molar-refractivity contribution is -0.133. The third-order valence-corrected chi connectivity index (χ3v) is 5.24. The predicted octanol–water partition coefficient (Wildman–Crippen LogP) is 2.52. The molecule has 2 heterocycles. The maximum absolute atomic E-state index is 12.7. The summed E-state index contributed by atoms with van der Waals surface area (Å²) in [6, 6.07) is 12.4. The highest BCUT2D eigenvalue weighted by atomic mass is 35.5. The van der Waals surface area contributed by atoms with E-state index in [2.05, 4.69) is 28.5 Å². The fourth-order valence-electron chi connectivity index (χ4n) is 2.99. The van der Waals surface area contributed by atoms with Crippen LogP contribution in [-0.2, 0) is 24.3 Å². The minimum Gasteiger partial charge on any atom is -0.337 e. The average Bonchev–Trinajstić information content (AvgIpc) is 3.03. The molecule has 4 nitrogen and oxygen atoms in total. The summed E-state index contributed by atoms with van der Waals surface area (Å²) in [4.78, 5) is 18.2. The maximum Gasteiger partial charge on any atom is 0.237 e. The Morgan fingerprint density at radius 1 is 1.25 bits per heavy atom. The Bertz CT molecular complexity index is 647. The molecule has 3 rings (SSSR count). The summed E-state index contributed by atoms with van der Waals surface area (Å²) < 4.78 is 0. The summed E-state index contributed by atoms with van der Waals surface area (Å²) >= 11 is 1.80. The van der Waals surface area contributed by atoms with Crippen molar-refractivity contribution in [3.05, 3.63) is 57.8 Å². The first-order valence-electron chi connectivity index (χ1n) is 8.05. The number of amides is 1. The molecule has 0 unspecified atom stereocenters. The van der Waals surface area contributed by atoms with Crippen LogP contribution in [0, 0.1) is 0 Å². The molecule has 6 heteroatoms. The second-order valence-corrected chi connectivity index (χ2v) is 6.92. The second-order valence-electron chi connectivity index (χ2n) is 5.92. The zero-order valence-corrected chi connectivity index (χ0v) is 15.3. The second kappa shape index (κ2) is 9.18. The van der Waals surface area contributed by atoms with E-state index in [0.717, 1.165) is 32.6 Å². The number of nitrogens with two attached hydrogens (primary N) is 1. The van der Waals surface area contributed by atoms with Crippen LogP contribution in [0.4, 0.5) is 0 Å². The first kappa shape index (κ1) is 18.9. The van der Waals surface area contributed by atoms with Crippen molar-refractivity contribution in [3.8, 4) is 0 Å². The molecule has 1 aliphatic heterocycles. The lowest BCUT2D eigenvalue weighted by Gasteiger charge is -2.30. The number of carbonyl (C=O) groups excluding carboxylic acids is 1. The SMILES string of the molecule is Cl.NCCN(CC(=O)N1CCc2sccc2C1)Cc1ccccc1.